The summed E-state index contributed by atoms with van der Waals surface area (Å²) in [5, 5.41) is 6.54. The van der Waals surface area contributed by atoms with E-state index >= 15 is 0 Å². The summed E-state index contributed by atoms with van der Waals surface area (Å²) < 4.78 is 24.4. The van der Waals surface area contributed by atoms with Crippen molar-refractivity contribution in [3.8, 4) is 0 Å². The molecule has 0 aromatic heterocycles. The fraction of sp³-hybridized carbons (Fsp3) is 0.938. The predicted octanol–water partition coefficient (Wildman–Crippen LogP) is 2.85. The number of sulfonamides is 1. The van der Waals surface area contributed by atoms with Crippen molar-refractivity contribution in [2.24, 2.45) is 4.99 Å². The van der Waals surface area contributed by atoms with Gasteiger partial charge < -0.3 is 10.6 Å². The van der Waals surface area contributed by atoms with Gasteiger partial charge in [0, 0.05) is 26.2 Å². The number of guanidine groups is 1. The Bertz CT molecular complexity index is 403. The Morgan fingerprint density at radius 1 is 0.875 bits per heavy atom. The number of unbranched alkanes of at least 4 members (excludes halogenated alkanes) is 6. The van der Waals surface area contributed by atoms with Crippen LogP contribution in [0.2, 0.25) is 0 Å². The van der Waals surface area contributed by atoms with E-state index < -0.39 is 10.0 Å². The van der Waals surface area contributed by atoms with Gasteiger partial charge in [0.2, 0.25) is 10.0 Å². The number of halogens is 1. The highest BCUT2D eigenvalue weighted by molar-refractivity contribution is 14.0. The molecule has 0 fully saturated rings. The Labute approximate surface area is 166 Å². The minimum absolute atomic E-state index is 0. The maximum Gasteiger partial charge on any atom is 0.208 e. The number of hydrogen-bond donors (Lipinski definition) is 3. The summed E-state index contributed by atoms with van der Waals surface area (Å²) in [5.74, 6) is 0.817. The average molecular weight is 476 g/mol. The molecule has 0 rings (SSSR count). The number of rotatable bonds is 14. The highest BCUT2D eigenvalue weighted by Gasteiger charge is 1.99. The van der Waals surface area contributed by atoms with Gasteiger partial charge in [-0.3, -0.25) is 4.99 Å². The maximum absolute atomic E-state index is 10.9. The quantitative estimate of drug-likeness (QED) is 0.156. The third-order valence-corrected chi connectivity index (χ3v) is 4.11. The van der Waals surface area contributed by atoms with Crippen LogP contribution in [0.1, 0.15) is 65.2 Å². The van der Waals surface area contributed by atoms with Gasteiger partial charge in [-0.1, -0.05) is 45.4 Å². The van der Waals surface area contributed by atoms with Gasteiger partial charge >= 0.3 is 0 Å². The summed E-state index contributed by atoms with van der Waals surface area (Å²) in [6.07, 6.45) is 10.9. The Morgan fingerprint density at radius 3 is 2.08 bits per heavy atom. The largest absolute Gasteiger partial charge is 0.357 e. The van der Waals surface area contributed by atoms with E-state index in [9.17, 15) is 8.42 Å². The lowest BCUT2D eigenvalue weighted by Crippen LogP contribution is -2.38. The van der Waals surface area contributed by atoms with Crippen LogP contribution < -0.4 is 15.4 Å². The van der Waals surface area contributed by atoms with E-state index in [1.54, 1.807) is 0 Å². The fourth-order valence-electron chi connectivity index (χ4n) is 2.16. The molecule has 24 heavy (non-hydrogen) atoms. The van der Waals surface area contributed by atoms with Crippen LogP contribution >= 0.6 is 24.0 Å². The molecule has 0 aromatic rings. The topological polar surface area (TPSA) is 82.6 Å². The molecular weight excluding hydrogens is 439 g/mol. The zero-order valence-electron chi connectivity index (χ0n) is 15.6. The summed E-state index contributed by atoms with van der Waals surface area (Å²) in [7, 11) is -3.09. The smallest absolute Gasteiger partial charge is 0.208 e. The number of nitrogens with zero attached hydrogens (tertiary/aromatic N) is 1. The average Bonchev–Trinajstić information content (AvgIpc) is 2.48. The van der Waals surface area contributed by atoms with E-state index in [0.29, 0.717) is 19.5 Å². The van der Waals surface area contributed by atoms with E-state index in [1.165, 1.54) is 44.8 Å². The number of hydrogen-bond acceptors (Lipinski definition) is 3. The monoisotopic (exact) mass is 476 g/mol. The lowest BCUT2D eigenvalue weighted by Gasteiger charge is -2.11. The Hall–Kier alpha value is -0.0900. The van der Waals surface area contributed by atoms with Gasteiger partial charge in [-0.05, 0) is 19.8 Å². The highest BCUT2D eigenvalue weighted by Crippen LogP contribution is 2.06. The van der Waals surface area contributed by atoms with Crippen LogP contribution in [0.3, 0.4) is 0 Å². The molecule has 6 nitrogen and oxygen atoms in total. The molecule has 0 saturated heterocycles. The molecule has 0 spiro atoms. The first-order valence-electron chi connectivity index (χ1n) is 8.96. The molecule has 8 heteroatoms. The van der Waals surface area contributed by atoms with E-state index in [0.717, 1.165) is 25.5 Å². The van der Waals surface area contributed by atoms with Gasteiger partial charge in [-0.2, -0.15) is 0 Å². The van der Waals surface area contributed by atoms with Gasteiger partial charge in [0.05, 0.1) is 6.26 Å². The first-order valence-corrected chi connectivity index (χ1v) is 10.9. The molecule has 0 aliphatic rings. The molecule has 0 aliphatic heterocycles. The SMILES string of the molecule is CCCCCCCCCNC(=NCCCNS(C)(=O)=O)NCC.I. The van der Waals surface area contributed by atoms with Gasteiger partial charge in [0.1, 0.15) is 0 Å². The molecule has 0 bridgehead atoms. The molecule has 0 amide bonds. The van der Waals surface area contributed by atoms with Crippen molar-refractivity contribution in [2.45, 2.75) is 65.2 Å². The van der Waals surface area contributed by atoms with E-state index in [-0.39, 0.29) is 24.0 Å². The third-order valence-electron chi connectivity index (χ3n) is 3.39. The summed E-state index contributed by atoms with van der Waals surface area (Å²) in [5.41, 5.74) is 0. The molecular formula is C16H37IN4O2S. The molecule has 3 N–H and O–H groups in total. The summed E-state index contributed by atoms with van der Waals surface area (Å²) >= 11 is 0. The van der Waals surface area contributed by atoms with Crippen LogP contribution in [0.5, 0.6) is 0 Å². The lowest BCUT2D eigenvalue weighted by atomic mass is 10.1. The Morgan fingerprint density at radius 2 is 1.50 bits per heavy atom. The summed E-state index contributed by atoms with van der Waals surface area (Å²) in [6.45, 7) is 7.07. The highest BCUT2D eigenvalue weighted by atomic mass is 127. The van der Waals surface area contributed by atoms with Crippen LogP contribution in [-0.4, -0.2) is 46.8 Å². The first kappa shape index (κ1) is 26.1. The van der Waals surface area contributed by atoms with Gasteiger partial charge in [-0.25, -0.2) is 13.1 Å². The predicted molar refractivity (Wildman–Crippen MR) is 115 cm³/mol. The summed E-state index contributed by atoms with van der Waals surface area (Å²) in [4.78, 5) is 4.45. The van der Waals surface area contributed by atoms with Crippen molar-refractivity contribution in [2.75, 3.05) is 32.4 Å². The number of aliphatic imine (C=N–C) groups is 1. The molecule has 146 valence electrons. The maximum atomic E-state index is 10.9. The molecule has 0 radical (unpaired) electrons. The Kier molecular flexibility index (Phi) is 19.3. The Balaban J connectivity index is 0. The second-order valence-electron chi connectivity index (χ2n) is 5.83. The summed E-state index contributed by atoms with van der Waals surface area (Å²) in [6, 6.07) is 0. The van der Waals surface area contributed by atoms with Crippen molar-refractivity contribution >= 4 is 40.0 Å². The minimum Gasteiger partial charge on any atom is -0.357 e. The zero-order valence-corrected chi connectivity index (χ0v) is 18.7. The van der Waals surface area contributed by atoms with Gasteiger partial charge in [0.25, 0.3) is 0 Å². The van der Waals surface area contributed by atoms with E-state index in [2.05, 4.69) is 27.3 Å². The van der Waals surface area contributed by atoms with Crippen molar-refractivity contribution < 1.29 is 8.42 Å². The zero-order chi connectivity index (χ0) is 17.4. The normalized spacial score (nSPS) is 11.9. The van der Waals surface area contributed by atoms with Crippen molar-refractivity contribution in [3.05, 3.63) is 0 Å². The molecule has 0 aliphatic carbocycles. The standard InChI is InChI=1S/C16H36N4O2S.HI/c1-4-6-7-8-9-10-11-13-18-16(17-5-2)19-14-12-15-20-23(3,21)22;/h20H,4-15H2,1-3H3,(H2,17,18,19);1H. The second kappa shape index (κ2) is 17.7. The van der Waals surface area contributed by atoms with Crippen LogP contribution in [0, 0.1) is 0 Å². The molecule has 0 saturated carbocycles. The lowest BCUT2D eigenvalue weighted by molar-refractivity contribution is 0.583. The van der Waals surface area contributed by atoms with E-state index in [4.69, 9.17) is 0 Å². The van der Waals surface area contributed by atoms with Crippen molar-refractivity contribution in [1.82, 2.24) is 15.4 Å². The van der Waals surface area contributed by atoms with Gasteiger partial charge in [0.15, 0.2) is 5.96 Å². The number of nitrogens with one attached hydrogen (secondary N) is 3. The van der Waals surface area contributed by atoms with Crippen molar-refractivity contribution in [3.63, 3.8) is 0 Å². The van der Waals surface area contributed by atoms with Gasteiger partial charge in [-0.15, -0.1) is 24.0 Å². The van der Waals surface area contributed by atoms with Crippen LogP contribution in [0.25, 0.3) is 0 Å². The molecule has 0 unspecified atom stereocenters. The minimum atomic E-state index is -3.09. The van der Waals surface area contributed by atoms with Crippen molar-refractivity contribution in [1.29, 1.82) is 0 Å². The third kappa shape index (κ3) is 20.0. The second-order valence-corrected chi connectivity index (χ2v) is 7.66. The first-order chi connectivity index (χ1) is 11.0. The molecule has 0 aromatic carbocycles. The van der Waals surface area contributed by atoms with E-state index in [1.807, 2.05) is 6.92 Å². The van der Waals surface area contributed by atoms with Crippen LogP contribution in [-0.2, 0) is 10.0 Å². The molecule has 0 heterocycles. The molecule has 0 atom stereocenters. The van der Waals surface area contributed by atoms with Crippen LogP contribution in [0.4, 0.5) is 0 Å². The van der Waals surface area contributed by atoms with Crippen LogP contribution in [0.15, 0.2) is 4.99 Å². The fourth-order valence-corrected chi connectivity index (χ4v) is 2.67.